The van der Waals surface area contributed by atoms with E-state index in [1.807, 2.05) is 0 Å². The molecule has 300 valence electrons. The number of ketones is 2. The lowest BCUT2D eigenvalue weighted by molar-refractivity contribution is -0.184. The molecule has 2 aromatic rings. The number of esters is 1. The van der Waals surface area contributed by atoms with Crippen LogP contribution in [-0.4, -0.2) is 57.5 Å². The van der Waals surface area contributed by atoms with E-state index in [9.17, 15) is 34.2 Å². The van der Waals surface area contributed by atoms with Crippen molar-refractivity contribution in [2.75, 3.05) is 0 Å². The van der Waals surface area contributed by atoms with E-state index in [4.69, 9.17) is 60.6 Å². The van der Waals surface area contributed by atoms with Gasteiger partial charge >= 0.3 is 17.9 Å². The first kappa shape index (κ1) is 42.0. The largest absolute Gasteiger partial charge is 0.478 e. The van der Waals surface area contributed by atoms with Crippen molar-refractivity contribution in [2.24, 2.45) is 10.8 Å². The Hall–Kier alpha value is -3.57. The SMILES string of the molecule is CCCC12CCC(=O)C=C1c1c(cc(OC(C(=O)O)C(Oc3cc4c(c(Cl)c3Cl)C3=CC(=O)CCC3(CCC)CC4)C(=O)OC(C)(C)C(=O)O)c(Cl)c1Cl)CC2. The smallest absolute Gasteiger partial charge is 0.353 e. The Morgan fingerprint density at radius 1 is 0.696 bits per heavy atom. The van der Waals surface area contributed by atoms with Crippen LogP contribution in [-0.2, 0) is 41.6 Å². The maximum atomic E-state index is 13.9. The van der Waals surface area contributed by atoms with Crippen molar-refractivity contribution < 1.29 is 48.4 Å². The zero-order chi connectivity index (χ0) is 40.9. The van der Waals surface area contributed by atoms with E-state index in [1.165, 1.54) is 0 Å². The van der Waals surface area contributed by atoms with Gasteiger partial charge in [0, 0.05) is 24.0 Å². The quantitative estimate of drug-likeness (QED) is 0.186. The zero-order valence-corrected chi connectivity index (χ0v) is 34.6. The summed E-state index contributed by atoms with van der Waals surface area (Å²) in [6.07, 6.45) is 7.08. The van der Waals surface area contributed by atoms with Gasteiger partial charge in [0.05, 0.1) is 10.0 Å². The molecule has 0 spiro atoms. The summed E-state index contributed by atoms with van der Waals surface area (Å²) in [5.41, 5.74) is 1.51. The number of carbonyl (C=O) groups excluding carboxylic acids is 3. The van der Waals surface area contributed by atoms with Crippen LogP contribution in [0, 0.1) is 10.8 Å². The van der Waals surface area contributed by atoms with E-state index in [-0.39, 0.29) is 54.0 Å². The van der Waals surface area contributed by atoms with Gasteiger partial charge in [-0.2, -0.15) is 0 Å². The Balaban J connectivity index is 1.42. The Kier molecular flexibility index (Phi) is 12.0. The van der Waals surface area contributed by atoms with E-state index < -0.39 is 35.7 Å². The Bertz CT molecular complexity index is 2090. The number of ether oxygens (including phenoxy) is 3. The Morgan fingerprint density at radius 2 is 1.11 bits per heavy atom. The third-order valence-electron chi connectivity index (χ3n) is 11.8. The first-order valence-corrected chi connectivity index (χ1v) is 20.4. The van der Waals surface area contributed by atoms with Gasteiger partial charge in [-0.3, -0.25) is 9.59 Å². The molecule has 0 radical (unpaired) electrons. The second-order valence-electron chi connectivity index (χ2n) is 15.8. The minimum absolute atomic E-state index is 0.0222. The summed E-state index contributed by atoms with van der Waals surface area (Å²) in [4.78, 5) is 64.3. The van der Waals surface area contributed by atoms with E-state index in [0.29, 0.717) is 67.2 Å². The molecule has 0 bridgehead atoms. The first-order valence-electron chi connectivity index (χ1n) is 18.9. The molecular formula is C42H44Cl4O10. The van der Waals surface area contributed by atoms with E-state index >= 15 is 0 Å². The molecule has 0 aliphatic heterocycles. The fourth-order valence-corrected chi connectivity index (χ4v) is 10.0. The normalized spacial score (nSPS) is 22.6. The maximum Gasteiger partial charge on any atom is 0.353 e. The molecule has 0 saturated carbocycles. The lowest BCUT2D eigenvalue weighted by Gasteiger charge is -2.43. The molecule has 56 heavy (non-hydrogen) atoms. The molecule has 10 nitrogen and oxygen atoms in total. The molecular weight excluding hydrogens is 806 g/mol. The predicted octanol–water partition coefficient (Wildman–Crippen LogP) is 9.94. The highest BCUT2D eigenvalue weighted by molar-refractivity contribution is 6.45. The van der Waals surface area contributed by atoms with Gasteiger partial charge < -0.3 is 24.4 Å². The van der Waals surface area contributed by atoms with Crippen LogP contribution in [0.2, 0.25) is 20.1 Å². The lowest BCUT2D eigenvalue weighted by Crippen LogP contribution is -2.51. The number of fused-ring (bicyclic) bond motifs is 6. The molecule has 0 heterocycles. The van der Waals surface area contributed by atoms with E-state index in [1.54, 1.807) is 24.3 Å². The van der Waals surface area contributed by atoms with E-state index in [0.717, 1.165) is 57.1 Å². The Labute approximate surface area is 345 Å². The molecule has 6 rings (SSSR count). The van der Waals surface area contributed by atoms with Crippen LogP contribution in [0.3, 0.4) is 0 Å². The maximum absolute atomic E-state index is 13.9. The van der Waals surface area contributed by atoms with Crippen LogP contribution in [0.1, 0.15) is 114 Å². The topological polar surface area (TPSA) is 154 Å². The number of hydrogen-bond donors (Lipinski definition) is 2. The standard InChI is InChI=1S/C42H44Cl4O10/c1-5-11-41-13-7-21-17-27(31(43)33(45)29(21)25(41)19-23(47)9-15-41)54-35(37(49)50)36(38(51)56-40(3,4)39(52)53)55-28-18-22-8-14-42(12-6-2)16-10-24(48)20-26(42)30(22)34(46)32(28)44/h17-20,35-36H,5-16H2,1-4H3,(H,49,50)(H,52,53). The summed E-state index contributed by atoms with van der Waals surface area (Å²) in [5.74, 6) is -4.97. The van der Waals surface area contributed by atoms with Crippen molar-refractivity contribution in [1.29, 1.82) is 0 Å². The first-order chi connectivity index (χ1) is 26.4. The third-order valence-corrected chi connectivity index (χ3v) is 13.5. The van der Waals surface area contributed by atoms with Crippen molar-refractivity contribution in [3.05, 3.63) is 66.6 Å². The number of aliphatic carboxylic acids is 2. The summed E-state index contributed by atoms with van der Waals surface area (Å²) in [5, 5.41) is 20.2. The van der Waals surface area contributed by atoms with Crippen LogP contribution in [0.15, 0.2) is 24.3 Å². The average Bonchev–Trinajstić information content (AvgIpc) is 3.13. The summed E-state index contributed by atoms with van der Waals surface area (Å²) < 4.78 is 17.5. The summed E-state index contributed by atoms with van der Waals surface area (Å²) in [6, 6.07) is 3.09. The van der Waals surface area contributed by atoms with Gasteiger partial charge in [-0.25, -0.2) is 14.4 Å². The minimum atomic E-state index is -2.18. The fraction of sp³-hybridized carbons (Fsp3) is 0.500. The van der Waals surface area contributed by atoms with Gasteiger partial charge in [0.25, 0.3) is 0 Å². The van der Waals surface area contributed by atoms with Gasteiger partial charge in [-0.15, -0.1) is 0 Å². The van der Waals surface area contributed by atoms with Crippen molar-refractivity contribution in [1.82, 2.24) is 0 Å². The molecule has 0 fully saturated rings. The number of aryl methyl sites for hydroxylation is 2. The van der Waals surface area contributed by atoms with Gasteiger partial charge in [-0.05, 0) is 123 Å². The van der Waals surface area contributed by atoms with Crippen molar-refractivity contribution in [3.63, 3.8) is 0 Å². The number of allylic oxidation sites excluding steroid dienone is 4. The number of carbonyl (C=O) groups is 5. The summed E-state index contributed by atoms with van der Waals surface area (Å²) in [7, 11) is 0. The van der Waals surface area contributed by atoms with Crippen LogP contribution in [0.4, 0.5) is 0 Å². The number of carboxylic acid groups (broad SMARTS) is 2. The van der Waals surface area contributed by atoms with Crippen LogP contribution < -0.4 is 9.47 Å². The fourth-order valence-electron chi connectivity index (χ4n) is 8.99. The molecule has 4 atom stereocenters. The number of carboxylic acids is 2. The highest BCUT2D eigenvalue weighted by Gasteiger charge is 2.47. The molecule has 4 unspecified atom stereocenters. The van der Waals surface area contributed by atoms with Crippen molar-refractivity contribution >= 4 is 87.0 Å². The highest BCUT2D eigenvalue weighted by atomic mass is 35.5. The number of rotatable bonds is 13. The molecule has 0 aromatic heterocycles. The molecule has 2 aromatic carbocycles. The molecule has 4 aliphatic carbocycles. The predicted molar refractivity (Wildman–Crippen MR) is 213 cm³/mol. The monoisotopic (exact) mass is 848 g/mol. The molecule has 0 amide bonds. The highest BCUT2D eigenvalue weighted by Crippen LogP contribution is 2.58. The van der Waals surface area contributed by atoms with Crippen LogP contribution in [0.25, 0.3) is 11.1 Å². The number of halogens is 4. The number of hydrogen-bond acceptors (Lipinski definition) is 8. The summed E-state index contributed by atoms with van der Waals surface area (Å²) >= 11 is 27.6. The van der Waals surface area contributed by atoms with Gasteiger partial charge in [0.15, 0.2) is 11.6 Å². The second kappa shape index (κ2) is 16.0. The van der Waals surface area contributed by atoms with Gasteiger partial charge in [0.1, 0.15) is 21.5 Å². The zero-order valence-electron chi connectivity index (χ0n) is 31.6. The molecule has 14 heteroatoms. The third kappa shape index (κ3) is 7.59. The molecule has 0 saturated heterocycles. The van der Waals surface area contributed by atoms with Crippen molar-refractivity contribution in [3.8, 4) is 11.5 Å². The minimum Gasteiger partial charge on any atom is -0.478 e. The van der Waals surface area contributed by atoms with Crippen LogP contribution >= 0.6 is 46.4 Å². The van der Waals surface area contributed by atoms with Crippen LogP contribution in [0.5, 0.6) is 11.5 Å². The van der Waals surface area contributed by atoms with Gasteiger partial charge in [-0.1, -0.05) is 73.1 Å². The lowest BCUT2D eigenvalue weighted by atomic mass is 9.61. The van der Waals surface area contributed by atoms with E-state index in [2.05, 4.69) is 13.8 Å². The van der Waals surface area contributed by atoms with Gasteiger partial charge in [0.2, 0.25) is 17.8 Å². The van der Waals surface area contributed by atoms with Crippen molar-refractivity contribution in [2.45, 2.75) is 123 Å². The second-order valence-corrected chi connectivity index (χ2v) is 17.3. The summed E-state index contributed by atoms with van der Waals surface area (Å²) in [6.45, 7) is 6.40. The molecule has 4 aliphatic rings. The number of benzene rings is 2. The Morgan fingerprint density at radius 3 is 1.50 bits per heavy atom. The average molecular weight is 851 g/mol. The molecule has 2 N–H and O–H groups in total.